The average Bonchev–Trinajstić information content (AvgIpc) is 3.05. The van der Waals surface area contributed by atoms with Gasteiger partial charge in [-0.1, -0.05) is 6.42 Å². The van der Waals surface area contributed by atoms with Gasteiger partial charge in [0.05, 0.1) is 0 Å². The summed E-state index contributed by atoms with van der Waals surface area (Å²) in [6.45, 7) is 2.14. The largest absolute Gasteiger partial charge is 0.348 e. The molecule has 1 aromatic heterocycles. The monoisotopic (exact) mass is 233 g/mol. The average molecular weight is 233 g/mol. The van der Waals surface area contributed by atoms with Crippen LogP contribution in [-0.2, 0) is 0 Å². The predicted octanol–water partition coefficient (Wildman–Crippen LogP) is 1.96. The van der Waals surface area contributed by atoms with Crippen LogP contribution >= 0.6 is 0 Å². The molecule has 0 spiro atoms. The molecule has 2 bridgehead atoms. The zero-order valence-corrected chi connectivity index (χ0v) is 10.1. The summed E-state index contributed by atoms with van der Waals surface area (Å²) in [5.41, 5.74) is 0.556. The van der Waals surface area contributed by atoms with E-state index in [2.05, 4.69) is 22.4 Å². The smallest absolute Gasteiger partial charge is 0.269 e. The van der Waals surface area contributed by atoms with Crippen molar-refractivity contribution in [2.45, 2.75) is 38.6 Å². The van der Waals surface area contributed by atoms with Crippen molar-refractivity contribution in [2.24, 2.45) is 17.8 Å². The number of hydrogen-bond acceptors (Lipinski definition) is 2. The van der Waals surface area contributed by atoms with Crippen LogP contribution in [0.15, 0.2) is 12.3 Å². The van der Waals surface area contributed by atoms with Gasteiger partial charge in [-0.2, -0.15) is 5.10 Å². The normalized spacial score (nSPS) is 32.6. The molecule has 1 heterocycles. The Morgan fingerprint density at radius 1 is 1.53 bits per heavy atom. The summed E-state index contributed by atoms with van der Waals surface area (Å²) in [4.78, 5) is 11.9. The number of aromatic nitrogens is 2. The van der Waals surface area contributed by atoms with Crippen LogP contribution in [0.2, 0.25) is 0 Å². The van der Waals surface area contributed by atoms with Gasteiger partial charge in [0.15, 0.2) is 0 Å². The van der Waals surface area contributed by atoms with Crippen LogP contribution in [0.4, 0.5) is 0 Å². The Kier molecular flexibility index (Phi) is 2.65. The van der Waals surface area contributed by atoms with E-state index >= 15 is 0 Å². The van der Waals surface area contributed by atoms with Gasteiger partial charge in [-0.3, -0.25) is 9.89 Å². The standard InChI is InChI=1S/C13H19N3O/c1-8(11-7-9-2-3-10(11)6-9)15-13(17)12-4-5-14-16-12/h4-5,8-11H,2-3,6-7H2,1H3,(H,14,16)(H,15,17). The number of carbonyl (C=O) groups excluding carboxylic acids is 1. The third-order valence-corrected chi connectivity index (χ3v) is 4.54. The van der Waals surface area contributed by atoms with Gasteiger partial charge in [0, 0.05) is 12.2 Å². The molecule has 2 N–H and O–H groups in total. The molecule has 0 saturated heterocycles. The van der Waals surface area contributed by atoms with Gasteiger partial charge in [0.2, 0.25) is 0 Å². The molecule has 1 aromatic rings. The van der Waals surface area contributed by atoms with Crippen LogP contribution < -0.4 is 5.32 Å². The van der Waals surface area contributed by atoms with Crippen molar-refractivity contribution in [3.05, 3.63) is 18.0 Å². The Hall–Kier alpha value is -1.32. The SMILES string of the molecule is CC(NC(=O)c1ccn[nH]1)C1CC2CCC1C2. The van der Waals surface area contributed by atoms with E-state index in [-0.39, 0.29) is 11.9 Å². The summed E-state index contributed by atoms with van der Waals surface area (Å²) in [5, 5.41) is 9.60. The molecule has 1 amide bonds. The van der Waals surface area contributed by atoms with E-state index < -0.39 is 0 Å². The van der Waals surface area contributed by atoms with Crippen molar-refractivity contribution in [3.8, 4) is 0 Å². The van der Waals surface area contributed by atoms with Crippen LogP contribution in [-0.4, -0.2) is 22.1 Å². The number of aromatic amines is 1. The van der Waals surface area contributed by atoms with Gasteiger partial charge < -0.3 is 5.32 Å². The van der Waals surface area contributed by atoms with Crippen molar-refractivity contribution in [2.75, 3.05) is 0 Å². The lowest BCUT2D eigenvalue weighted by Gasteiger charge is -2.28. The van der Waals surface area contributed by atoms with Gasteiger partial charge in [0.25, 0.3) is 5.91 Å². The fourth-order valence-electron chi connectivity index (χ4n) is 3.68. The van der Waals surface area contributed by atoms with Crippen LogP contribution in [0.25, 0.3) is 0 Å². The first kappa shape index (κ1) is 10.8. The Balaban J connectivity index is 1.60. The summed E-state index contributed by atoms with van der Waals surface area (Å²) in [7, 11) is 0. The fraction of sp³-hybridized carbons (Fsp3) is 0.692. The number of H-pyrrole nitrogens is 1. The highest BCUT2D eigenvalue weighted by Gasteiger charge is 2.42. The maximum atomic E-state index is 11.9. The number of carbonyl (C=O) groups is 1. The highest BCUT2D eigenvalue weighted by atomic mass is 16.2. The van der Waals surface area contributed by atoms with E-state index in [1.54, 1.807) is 12.3 Å². The van der Waals surface area contributed by atoms with Crippen molar-refractivity contribution in [1.29, 1.82) is 0 Å². The lowest BCUT2D eigenvalue weighted by molar-refractivity contribution is 0.0910. The summed E-state index contributed by atoms with van der Waals surface area (Å²) in [6, 6.07) is 1.99. The van der Waals surface area contributed by atoms with Gasteiger partial charge in [-0.05, 0) is 50.0 Å². The third-order valence-electron chi connectivity index (χ3n) is 4.54. The minimum absolute atomic E-state index is 0.0298. The van der Waals surface area contributed by atoms with Crippen LogP contribution in [0, 0.1) is 17.8 Å². The number of amides is 1. The second-order valence-corrected chi connectivity index (χ2v) is 5.57. The molecule has 4 heteroatoms. The first-order valence-corrected chi connectivity index (χ1v) is 6.54. The summed E-state index contributed by atoms with van der Waals surface area (Å²) < 4.78 is 0. The van der Waals surface area contributed by atoms with E-state index in [4.69, 9.17) is 0 Å². The van der Waals surface area contributed by atoms with Gasteiger partial charge >= 0.3 is 0 Å². The quantitative estimate of drug-likeness (QED) is 0.838. The Bertz CT molecular complexity index is 401. The molecule has 0 radical (unpaired) electrons. The molecule has 3 rings (SSSR count). The van der Waals surface area contributed by atoms with E-state index in [0.717, 1.165) is 11.8 Å². The second kappa shape index (κ2) is 4.17. The Labute approximate surface area is 101 Å². The van der Waals surface area contributed by atoms with E-state index in [0.29, 0.717) is 11.6 Å². The molecule has 2 fully saturated rings. The first-order valence-electron chi connectivity index (χ1n) is 6.54. The topological polar surface area (TPSA) is 57.8 Å². The molecule has 2 aliphatic rings. The molecule has 0 aliphatic heterocycles. The Morgan fingerprint density at radius 2 is 2.41 bits per heavy atom. The highest BCUT2D eigenvalue weighted by Crippen LogP contribution is 2.49. The maximum Gasteiger partial charge on any atom is 0.269 e. The molecule has 4 unspecified atom stereocenters. The maximum absolute atomic E-state index is 11.9. The number of rotatable bonds is 3. The minimum atomic E-state index is -0.0298. The number of hydrogen-bond donors (Lipinski definition) is 2. The molecule has 4 nitrogen and oxygen atoms in total. The van der Waals surface area contributed by atoms with Crippen molar-refractivity contribution in [1.82, 2.24) is 15.5 Å². The predicted molar refractivity (Wildman–Crippen MR) is 64.5 cm³/mol. The second-order valence-electron chi connectivity index (χ2n) is 5.57. The Morgan fingerprint density at radius 3 is 3.00 bits per heavy atom. The molecular formula is C13H19N3O. The number of nitrogens with one attached hydrogen (secondary N) is 2. The molecular weight excluding hydrogens is 214 g/mol. The zero-order valence-electron chi connectivity index (χ0n) is 10.1. The molecule has 2 saturated carbocycles. The van der Waals surface area contributed by atoms with Crippen molar-refractivity contribution < 1.29 is 4.79 Å². The first-order chi connectivity index (χ1) is 8.24. The van der Waals surface area contributed by atoms with Gasteiger partial charge in [-0.25, -0.2) is 0 Å². The lowest BCUT2D eigenvalue weighted by atomic mass is 9.84. The minimum Gasteiger partial charge on any atom is -0.348 e. The number of nitrogens with zero attached hydrogens (tertiary/aromatic N) is 1. The lowest BCUT2D eigenvalue weighted by Crippen LogP contribution is -2.40. The summed E-state index contributed by atoms with van der Waals surface area (Å²) in [6.07, 6.45) is 7.06. The fourth-order valence-corrected chi connectivity index (χ4v) is 3.68. The number of fused-ring (bicyclic) bond motifs is 2. The van der Waals surface area contributed by atoms with Gasteiger partial charge in [-0.15, -0.1) is 0 Å². The van der Waals surface area contributed by atoms with E-state index in [1.165, 1.54) is 25.7 Å². The summed E-state index contributed by atoms with van der Waals surface area (Å²) in [5.74, 6) is 2.42. The summed E-state index contributed by atoms with van der Waals surface area (Å²) >= 11 is 0. The van der Waals surface area contributed by atoms with Crippen molar-refractivity contribution in [3.63, 3.8) is 0 Å². The molecule has 4 atom stereocenters. The molecule has 17 heavy (non-hydrogen) atoms. The van der Waals surface area contributed by atoms with E-state index in [9.17, 15) is 4.79 Å². The molecule has 2 aliphatic carbocycles. The molecule has 92 valence electrons. The van der Waals surface area contributed by atoms with Crippen molar-refractivity contribution >= 4 is 5.91 Å². The highest BCUT2D eigenvalue weighted by molar-refractivity contribution is 5.92. The molecule has 0 aromatic carbocycles. The third kappa shape index (κ3) is 1.96. The van der Waals surface area contributed by atoms with Crippen LogP contribution in [0.3, 0.4) is 0 Å². The van der Waals surface area contributed by atoms with E-state index in [1.807, 2.05) is 0 Å². The van der Waals surface area contributed by atoms with Gasteiger partial charge in [0.1, 0.15) is 5.69 Å². The van der Waals surface area contributed by atoms with Crippen LogP contribution in [0.5, 0.6) is 0 Å². The zero-order chi connectivity index (χ0) is 11.8. The van der Waals surface area contributed by atoms with Crippen LogP contribution in [0.1, 0.15) is 43.1 Å².